The van der Waals surface area contributed by atoms with Crippen LogP contribution in [0, 0.1) is 5.21 Å². The molecule has 0 aliphatic heterocycles. The summed E-state index contributed by atoms with van der Waals surface area (Å²) < 4.78 is 0. The molecule has 0 bridgehead atoms. The molecule has 0 aliphatic rings. The van der Waals surface area contributed by atoms with Crippen molar-refractivity contribution in [3.63, 3.8) is 0 Å². The third-order valence-corrected chi connectivity index (χ3v) is 1.85. The molecule has 0 heterocycles. The Bertz CT molecular complexity index is 67.7. The van der Waals surface area contributed by atoms with E-state index in [0.29, 0.717) is 11.1 Å². The minimum absolute atomic E-state index is 0.343. The van der Waals surface area contributed by atoms with E-state index in [1.807, 2.05) is 0 Å². The molecule has 0 aromatic carbocycles. The fourth-order valence-corrected chi connectivity index (χ4v) is 1.25. The van der Waals surface area contributed by atoms with E-state index in [4.69, 9.17) is 0 Å². The van der Waals surface area contributed by atoms with Gasteiger partial charge in [0.15, 0.2) is 0 Å². The first-order valence-corrected chi connectivity index (χ1v) is 4.22. The van der Waals surface area contributed by atoms with Crippen molar-refractivity contribution >= 4 is 0 Å². The molecule has 1 unspecified atom stereocenters. The zero-order valence-electron chi connectivity index (χ0n) is 7.31. The molecule has 1 N–H and O–H groups in total. The van der Waals surface area contributed by atoms with E-state index < -0.39 is 0 Å². The third-order valence-electron chi connectivity index (χ3n) is 1.85. The molecule has 0 fully saturated rings. The lowest BCUT2D eigenvalue weighted by atomic mass is 10.1. The predicted octanol–water partition coefficient (Wildman–Crippen LogP) is 0.968. The molecule has 0 radical (unpaired) electrons. The largest absolute Gasteiger partial charge is 0.634 e. The molecule has 0 aromatic rings. The lowest BCUT2D eigenvalue weighted by Crippen LogP contribution is -3.08. The quantitative estimate of drug-likeness (QED) is 0.573. The molecule has 1 atom stereocenters. The highest BCUT2D eigenvalue weighted by atomic mass is 16.5. The summed E-state index contributed by atoms with van der Waals surface area (Å²) in [5, 5.41) is 11.3. The topological polar surface area (TPSA) is 27.5 Å². The molecular formula is C8H19NO. The molecule has 0 rings (SSSR count). The lowest BCUT2D eigenvalue weighted by molar-refractivity contribution is -0.855. The molecule has 10 heavy (non-hydrogen) atoms. The van der Waals surface area contributed by atoms with Crippen molar-refractivity contribution < 1.29 is 5.06 Å². The van der Waals surface area contributed by atoms with Gasteiger partial charge in [0, 0.05) is 0 Å². The Balaban J connectivity index is 3.50. The van der Waals surface area contributed by atoms with Gasteiger partial charge in [0.1, 0.15) is 0 Å². The molecule has 0 saturated carbocycles. The van der Waals surface area contributed by atoms with Gasteiger partial charge in [-0.3, -0.25) is 0 Å². The van der Waals surface area contributed by atoms with Crippen molar-refractivity contribution in [2.75, 3.05) is 7.05 Å². The Morgan fingerprint density at radius 3 is 1.80 bits per heavy atom. The summed E-state index contributed by atoms with van der Waals surface area (Å²) >= 11 is 0. The van der Waals surface area contributed by atoms with Crippen LogP contribution in [0.15, 0.2) is 0 Å². The summed E-state index contributed by atoms with van der Waals surface area (Å²) in [6, 6.07) is 0.343. The number of quaternary nitrogens is 1. The van der Waals surface area contributed by atoms with Crippen LogP contribution in [0.4, 0.5) is 0 Å². The van der Waals surface area contributed by atoms with E-state index in [0.717, 1.165) is 25.7 Å². The van der Waals surface area contributed by atoms with E-state index in [-0.39, 0.29) is 0 Å². The fraction of sp³-hybridized carbons (Fsp3) is 1.00. The van der Waals surface area contributed by atoms with E-state index in [2.05, 4.69) is 13.8 Å². The molecule has 0 aliphatic carbocycles. The van der Waals surface area contributed by atoms with Gasteiger partial charge >= 0.3 is 0 Å². The highest BCUT2D eigenvalue weighted by molar-refractivity contribution is 4.53. The molecule has 2 heteroatoms. The Labute approximate surface area is 63.8 Å². The van der Waals surface area contributed by atoms with Gasteiger partial charge < -0.3 is 10.3 Å². The average molecular weight is 145 g/mol. The number of hydrogen-bond donors (Lipinski definition) is 1. The standard InChI is InChI=1S/C8H19NO/c1-4-6-8(7-5-2)9(3)10/h8-9H,4-7H2,1-3H3. The van der Waals surface area contributed by atoms with Crippen LogP contribution in [-0.4, -0.2) is 13.1 Å². The van der Waals surface area contributed by atoms with Crippen LogP contribution in [0.2, 0.25) is 0 Å². The second-order valence-corrected chi connectivity index (χ2v) is 2.88. The summed E-state index contributed by atoms with van der Waals surface area (Å²) in [6.07, 6.45) is 4.40. The Hall–Kier alpha value is -0.0800. The van der Waals surface area contributed by atoms with Gasteiger partial charge in [-0.25, -0.2) is 0 Å². The number of nitrogens with one attached hydrogen (secondary N) is 1. The highest BCUT2D eigenvalue weighted by Gasteiger charge is 2.08. The van der Waals surface area contributed by atoms with Crippen LogP contribution >= 0.6 is 0 Å². The molecule has 2 nitrogen and oxygen atoms in total. The molecule has 0 amide bonds. The van der Waals surface area contributed by atoms with Crippen molar-refractivity contribution in [2.24, 2.45) is 0 Å². The average Bonchev–Trinajstić information content (AvgIpc) is 1.87. The van der Waals surface area contributed by atoms with Crippen molar-refractivity contribution in [1.29, 1.82) is 0 Å². The Morgan fingerprint density at radius 2 is 1.60 bits per heavy atom. The summed E-state index contributed by atoms with van der Waals surface area (Å²) in [5.41, 5.74) is 0. The van der Waals surface area contributed by atoms with Gasteiger partial charge in [-0.15, -0.1) is 0 Å². The van der Waals surface area contributed by atoms with Gasteiger partial charge in [0.25, 0.3) is 0 Å². The number of rotatable bonds is 5. The zero-order chi connectivity index (χ0) is 7.98. The monoisotopic (exact) mass is 145 g/mol. The first kappa shape index (κ1) is 9.92. The van der Waals surface area contributed by atoms with E-state index >= 15 is 0 Å². The maximum absolute atomic E-state index is 10.9. The van der Waals surface area contributed by atoms with Crippen molar-refractivity contribution in [3.05, 3.63) is 5.21 Å². The summed E-state index contributed by atoms with van der Waals surface area (Å²) in [6.45, 7) is 4.26. The zero-order valence-corrected chi connectivity index (χ0v) is 7.31. The van der Waals surface area contributed by atoms with Crippen molar-refractivity contribution in [3.8, 4) is 0 Å². The molecule has 0 aromatic heterocycles. The Kier molecular flexibility index (Phi) is 5.64. The molecular weight excluding hydrogens is 126 g/mol. The van der Waals surface area contributed by atoms with E-state index in [1.54, 1.807) is 7.05 Å². The van der Waals surface area contributed by atoms with Gasteiger partial charge in [0.2, 0.25) is 0 Å². The molecule has 0 spiro atoms. The second kappa shape index (κ2) is 5.69. The van der Waals surface area contributed by atoms with Crippen LogP contribution in [0.3, 0.4) is 0 Å². The highest BCUT2D eigenvalue weighted by Crippen LogP contribution is 1.99. The van der Waals surface area contributed by atoms with E-state index in [9.17, 15) is 5.21 Å². The number of hydroxylamine groups is 2. The van der Waals surface area contributed by atoms with Crippen LogP contribution in [0.1, 0.15) is 39.5 Å². The second-order valence-electron chi connectivity index (χ2n) is 2.88. The van der Waals surface area contributed by atoms with Crippen molar-refractivity contribution in [1.82, 2.24) is 0 Å². The van der Waals surface area contributed by atoms with Gasteiger partial charge in [-0.1, -0.05) is 26.7 Å². The summed E-state index contributed by atoms with van der Waals surface area (Å²) in [7, 11) is 1.70. The Morgan fingerprint density at radius 1 is 1.20 bits per heavy atom. The maximum Gasteiger partial charge on any atom is 0.0869 e. The fourth-order valence-electron chi connectivity index (χ4n) is 1.25. The van der Waals surface area contributed by atoms with Gasteiger partial charge in [-0.05, 0) is 12.8 Å². The minimum atomic E-state index is 0.343. The maximum atomic E-state index is 10.9. The lowest BCUT2D eigenvalue weighted by Gasteiger charge is -2.27. The van der Waals surface area contributed by atoms with Crippen LogP contribution in [-0.2, 0) is 0 Å². The van der Waals surface area contributed by atoms with E-state index in [1.165, 1.54) is 0 Å². The van der Waals surface area contributed by atoms with Crippen molar-refractivity contribution in [2.45, 2.75) is 45.6 Å². The van der Waals surface area contributed by atoms with Gasteiger partial charge in [0.05, 0.1) is 13.1 Å². The minimum Gasteiger partial charge on any atom is -0.634 e. The molecule has 0 saturated heterocycles. The smallest absolute Gasteiger partial charge is 0.0869 e. The van der Waals surface area contributed by atoms with Crippen LogP contribution in [0.25, 0.3) is 0 Å². The SMILES string of the molecule is CCCC(CCC)[NH+](C)[O-]. The predicted molar refractivity (Wildman–Crippen MR) is 43.9 cm³/mol. The first-order chi connectivity index (χ1) is 4.72. The van der Waals surface area contributed by atoms with Crippen LogP contribution in [0.5, 0.6) is 0 Å². The van der Waals surface area contributed by atoms with Crippen LogP contribution < -0.4 is 5.06 Å². The van der Waals surface area contributed by atoms with Gasteiger partial charge in [-0.2, -0.15) is 0 Å². The molecule has 62 valence electrons. The summed E-state index contributed by atoms with van der Waals surface area (Å²) in [5.74, 6) is 0. The normalized spacial score (nSPS) is 14.1. The number of hydrogen-bond acceptors (Lipinski definition) is 1. The first-order valence-electron chi connectivity index (χ1n) is 4.22. The third kappa shape index (κ3) is 3.85. The summed E-state index contributed by atoms with van der Waals surface area (Å²) in [4.78, 5) is 0.